The molecule has 0 bridgehead atoms. The summed E-state index contributed by atoms with van der Waals surface area (Å²) >= 11 is 0. The molecule has 1 rings (SSSR count). The Morgan fingerprint density at radius 1 is 1.15 bits per heavy atom. The van der Waals surface area contributed by atoms with Crippen molar-refractivity contribution in [1.82, 2.24) is 5.32 Å². The number of aliphatic hydroxyl groups excluding tert-OH is 1. The van der Waals surface area contributed by atoms with E-state index >= 15 is 0 Å². The summed E-state index contributed by atoms with van der Waals surface area (Å²) in [5.74, 6) is -0.129. The first-order valence-electron chi connectivity index (χ1n) is 6.45. The van der Waals surface area contributed by atoms with E-state index in [0.29, 0.717) is 0 Å². The first-order valence-corrected chi connectivity index (χ1v) is 6.45. The highest BCUT2D eigenvalue weighted by molar-refractivity contribution is 5.29. The van der Waals surface area contributed by atoms with Gasteiger partial charge in [0.05, 0.1) is 0 Å². The maximum atomic E-state index is 12.0. The average molecular weight is 291 g/mol. The van der Waals surface area contributed by atoms with Gasteiger partial charge in [0.25, 0.3) is 0 Å². The van der Waals surface area contributed by atoms with E-state index in [9.17, 15) is 13.2 Å². The molecule has 0 heterocycles. The molecule has 0 radical (unpaired) electrons. The summed E-state index contributed by atoms with van der Waals surface area (Å²) in [6.45, 7) is 5.88. The maximum Gasteiger partial charge on any atom is 0.573 e. The van der Waals surface area contributed by atoms with E-state index in [0.717, 1.165) is 5.56 Å². The zero-order chi connectivity index (χ0) is 15.3. The van der Waals surface area contributed by atoms with Crippen LogP contribution in [0.5, 0.6) is 5.75 Å². The molecule has 0 saturated carbocycles. The summed E-state index contributed by atoms with van der Waals surface area (Å²) in [4.78, 5) is 0. The number of nitrogens with one attached hydrogen (secondary N) is 1. The molecule has 114 valence electrons. The molecule has 0 aliphatic heterocycles. The third-order valence-corrected chi connectivity index (χ3v) is 3.27. The number of hydrogen-bond donors (Lipinski definition) is 2. The fourth-order valence-corrected chi connectivity index (χ4v) is 1.77. The molecule has 0 saturated heterocycles. The Bertz CT molecular complexity index is 406. The minimum absolute atomic E-state index is 0.0288. The van der Waals surface area contributed by atoms with Gasteiger partial charge in [-0.15, -0.1) is 13.2 Å². The van der Waals surface area contributed by atoms with Crippen LogP contribution in [0.4, 0.5) is 13.2 Å². The lowest BCUT2D eigenvalue weighted by atomic mass is 10.0. The number of alkyl halides is 3. The van der Waals surface area contributed by atoms with Crippen molar-refractivity contribution in [2.45, 2.75) is 39.2 Å². The number of hydrogen-bond acceptors (Lipinski definition) is 3. The van der Waals surface area contributed by atoms with Gasteiger partial charge in [0.2, 0.25) is 0 Å². The van der Waals surface area contributed by atoms with Gasteiger partial charge in [-0.1, -0.05) is 19.1 Å². The third-order valence-electron chi connectivity index (χ3n) is 3.27. The van der Waals surface area contributed by atoms with Crippen molar-refractivity contribution in [3.63, 3.8) is 0 Å². The van der Waals surface area contributed by atoms with Gasteiger partial charge in [-0.25, -0.2) is 0 Å². The average Bonchev–Trinajstić information content (AvgIpc) is 2.36. The minimum atomic E-state index is -4.67. The largest absolute Gasteiger partial charge is 0.573 e. The summed E-state index contributed by atoms with van der Waals surface area (Å²) in [7, 11) is 0. The van der Waals surface area contributed by atoms with Gasteiger partial charge in [-0.2, -0.15) is 0 Å². The summed E-state index contributed by atoms with van der Waals surface area (Å²) < 4.78 is 39.9. The van der Waals surface area contributed by atoms with E-state index in [-0.39, 0.29) is 30.4 Å². The highest BCUT2D eigenvalue weighted by Gasteiger charge is 2.31. The Hall–Kier alpha value is -1.27. The Morgan fingerprint density at radius 3 is 2.15 bits per heavy atom. The van der Waals surface area contributed by atoms with Crippen LogP contribution in [0.1, 0.15) is 32.4 Å². The minimum Gasteiger partial charge on any atom is -0.406 e. The first kappa shape index (κ1) is 16.8. The van der Waals surface area contributed by atoms with Gasteiger partial charge in [0.1, 0.15) is 5.75 Å². The van der Waals surface area contributed by atoms with Gasteiger partial charge in [-0.3, -0.25) is 0 Å². The quantitative estimate of drug-likeness (QED) is 0.845. The zero-order valence-electron chi connectivity index (χ0n) is 11.7. The molecule has 20 heavy (non-hydrogen) atoms. The summed E-state index contributed by atoms with van der Waals surface area (Å²) in [5.41, 5.74) is 0.858. The van der Waals surface area contributed by atoms with Crippen LogP contribution in [0, 0.1) is 5.92 Å². The molecule has 1 aromatic rings. The standard InChI is InChI=1S/C14H20F3NO2/c1-9(8-19)10(2)18-11(3)12-4-6-13(7-5-12)20-14(15,16)17/h4-7,9-11,18-19H,8H2,1-3H3. The van der Waals surface area contributed by atoms with Crippen LogP contribution in [0.15, 0.2) is 24.3 Å². The van der Waals surface area contributed by atoms with Crippen LogP contribution >= 0.6 is 0 Å². The maximum absolute atomic E-state index is 12.0. The van der Waals surface area contributed by atoms with Gasteiger partial charge >= 0.3 is 6.36 Å². The molecule has 3 unspecified atom stereocenters. The Morgan fingerprint density at radius 2 is 1.70 bits per heavy atom. The first-order chi connectivity index (χ1) is 9.23. The normalized spacial score (nSPS) is 16.6. The van der Waals surface area contributed by atoms with Crippen LogP contribution in [0.3, 0.4) is 0 Å². The lowest BCUT2D eigenvalue weighted by Gasteiger charge is -2.24. The SMILES string of the molecule is CC(NC(C)C(C)CO)c1ccc(OC(F)(F)F)cc1. The molecule has 6 heteroatoms. The predicted octanol–water partition coefficient (Wildman–Crippen LogP) is 3.25. The van der Waals surface area contributed by atoms with E-state index in [1.807, 2.05) is 20.8 Å². The second kappa shape index (κ2) is 6.95. The molecule has 3 nitrogen and oxygen atoms in total. The molecule has 0 spiro atoms. The summed E-state index contributed by atoms with van der Waals surface area (Å²) in [6.07, 6.45) is -4.67. The van der Waals surface area contributed by atoms with Crippen LogP contribution in [-0.2, 0) is 0 Å². The number of benzene rings is 1. The second-order valence-corrected chi connectivity index (χ2v) is 4.95. The summed E-state index contributed by atoms with van der Waals surface area (Å²) in [6, 6.07) is 5.84. The molecule has 0 amide bonds. The van der Waals surface area contributed by atoms with Gasteiger partial charge in [0.15, 0.2) is 0 Å². The monoisotopic (exact) mass is 291 g/mol. The fourth-order valence-electron chi connectivity index (χ4n) is 1.77. The van der Waals surface area contributed by atoms with Crippen LogP contribution in [0.25, 0.3) is 0 Å². The van der Waals surface area contributed by atoms with Gasteiger partial charge in [-0.05, 0) is 37.5 Å². The molecule has 0 fully saturated rings. The highest BCUT2D eigenvalue weighted by atomic mass is 19.4. The Labute approximate surface area is 116 Å². The van der Waals surface area contributed by atoms with Crippen molar-refractivity contribution >= 4 is 0 Å². The molecular formula is C14H20F3NO2. The topological polar surface area (TPSA) is 41.5 Å². The summed E-state index contributed by atoms with van der Waals surface area (Å²) in [5, 5.41) is 12.4. The molecule has 1 aromatic carbocycles. The molecule has 3 atom stereocenters. The van der Waals surface area contributed by atoms with Crippen LogP contribution in [0.2, 0.25) is 0 Å². The predicted molar refractivity (Wildman–Crippen MR) is 70.4 cm³/mol. The van der Waals surface area contributed by atoms with Crippen LogP contribution < -0.4 is 10.1 Å². The van der Waals surface area contributed by atoms with Crippen molar-refractivity contribution in [2.75, 3.05) is 6.61 Å². The smallest absolute Gasteiger partial charge is 0.406 e. The highest BCUT2D eigenvalue weighted by Crippen LogP contribution is 2.24. The zero-order valence-corrected chi connectivity index (χ0v) is 11.7. The lowest BCUT2D eigenvalue weighted by molar-refractivity contribution is -0.274. The molecule has 2 N–H and O–H groups in total. The number of halogens is 3. The molecule has 0 aliphatic carbocycles. The van der Waals surface area contributed by atoms with E-state index in [2.05, 4.69) is 10.1 Å². The van der Waals surface area contributed by atoms with E-state index in [1.54, 1.807) is 12.1 Å². The van der Waals surface area contributed by atoms with Crippen molar-refractivity contribution in [2.24, 2.45) is 5.92 Å². The third kappa shape index (κ3) is 5.38. The van der Waals surface area contributed by atoms with Crippen molar-refractivity contribution in [3.8, 4) is 5.75 Å². The van der Waals surface area contributed by atoms with E-state index in [1.165, 1.54) is 12.1 Å². The fraction of sp³-hybridized carbons (Fsp3) is 0.571. The number of rotatable bonds is 6. The molecular weight excluding hydrogens is 271 g/mol. The second-order valence-electron chi connectivity index (χ2n) is 4.95. The molecule has 0 aromatic heterocycles. The van der Waals surface area contributed by atoms with Crippen molar-refractivity contribution in [1.29, 1.82) is 0 Å². The van der Waals surface area contributed by atoms with Gasteiger partial charge < -0.3 is 15.2 Å². The van der Waals surface area contributed by atoms with E-state index in [4.69, 9.17) is 5.11 Å². The van der Waals surface area contributed by atoms with Crippen molar-refractivity contribution < 1.29 is 23.0 Å². The number of aliphatic hydroxyl groups is 1. The number of ether oxygens (including phenoxy) is 1. The Balaban J connectivity index is 2.64. The van der Waals surface area contributed by atoms with Crippen molar-refractivity contribution in [3.05, 3.63) is 29.8 Å². The van der Waals surface area contributed by atoms with E-state index < -0.39 is 6.36 Å². The Kier molecular flexibility index (Phi) is 5.83. The van der Waals surface area contributed by atoms with Crippen LogP contribution in [-0.4, -0.2) is 24.1 Å². The molecule has 0 aliphatic rings. The lowest BCUT2D eigenvalue weighted by Crippen LogP contribution is -2.35. The van der Waals surface area contributed by atoms with Gasteiger partial charge in [0, 0.05) is 18.7 Å².